The van der Waals surface area contributed by atoms with Crippen LogP contribution in [-0.4, -0.2) is 9.55 Å². The maximum Gasteiger partial charge on any atom is 0.0758 e. The van der Waals surface area contributed by atoms with E-state index in [4.69, 9.17) is 11.6 Å². The van der Waals surface area contributed by atoms with Crippen LogP contribution in [0.15, 0.2) is 16.6 Å². The van der Waals surface area contributed by atoms with Crippen molar-refractivity contribution in [3.05, 3.63) is 27.3 Å². The molecular weight excluding hydrogens is 397 g/mol. The number of aromatic nitrogens is 2. The zero-order chi connectivity index (χ0) is 10.3. The summed E-state index contributed by atoms with van der Waals surface area (Å²) in [4.78, 5) is 0. The fraction of sp³-hybridized carbons (Fsp3) is 0.125. The highest BCUT2D eigenvalue weighted by Gasteiger charge is 2.10. The Morgan fingerprint density at radius 2 is 2.29 bits per heavy atom. The molecule has 2 nitrogen and oxygen atoms in total. The minimum Gasteiger partial charge on any atom is -0.237 e. The molecule has 0 bridgehead atoms. The second-order valence-corrected chi connectivity index (χ2v) is 6.23. The van der Waals surface area contributed by atoms with E-state index >= 15 is 0 Å². The van der Waals surface area contributed by atoms with Crippen molar-refractivity contribution in [2.75, 3.05) is 0 Å². The molecule has 0 N–H and O–H groups in total. The van der Waals surface area contributed by atoms with Gasteiger partial charge in [-0.25, -0.2) is 4.45 Å². The summed E-state index contributed by atoms with van der Waals surface area (Å²) in [6.07, 6.45) is 0.593. The smallest absolute Gasteiger partial charge is 0.0758 e. The Morgan fingerprint density at radius 1 is 1.57 bits per heavy atom. The van der Waals surface area contributed by atoms with E-state index in [-0.39, 0.29) is 0 Å². The molecule has 1 aromatic heterocycles. The van der Waals surface area contributed by atoms with Crippen LogP contribution in [0.4, 0.5) is 0 Å². The predicted molar refractivity (Wildman–Crippen MR) is 74.9 cm³/mol. The predicted octanol–water partition coefficient (Wildman–Crippen LogP) is 4.55. The van der Waals surface area contributed by atoms with Crippen molar-refractivity contribution >= 4 is 66.8 Å². The van der Waals surface area contributed by atoms with Gasteiger partial charge < -0.3 is 0 Å². The van der Waals surface area contributed by atoms with Gasteiger partial charge in [0.25, 0.3) is 0 Å². The second-order valence-electron chi connectivity index (χ2n) is 2.86. The first-order chi connectivity index (χ1) is 6.63. The van der Waals surface area contributed by atoms with Crippen LogP contribution in [0.2, 0.25) is 5.02 Å². The zero-order valence-electron chi connectivity index (χ0n) is 7.18. The first-order valence-corrected chi connectivity index (χ1v) is 9.07. The lowest BCUT2D eigenvalue weighted by atomic mass is 10.2. The molecule has 1 aromatic carbocycles. The molecule has 2 aromatic rings. The van der Waals surface area contributed by atoms with Gasteiger partial charge in [-0.3, -0.25) is 0 Å². The van der Waals surface area contributed by atoms with E-state index in [0.717, 1.165) is 26.1 Å². The van der Waals surface area contributed by atoms with Gasteiger partial charge >= 0.3 is 0 Å². The molecule has 0 radical (unpaired) electrons. The summed E-state index contributed by atoms with van der Waals surface area (Å²) < 4.78 is 2.97. The maximum atomic E-state index is 6.16. The Morgan fingerprint density at radius 3 is 2.93 bits per heavy atom. The van der Waals surface area contributed by atoms with Crippen LogP contribution >= 0.6 is 55.9 Å². The normalized spacial score (nSPS) is 12.0. The number of nitrogens with zero attached hydrogens (tertiary/aromatic N) is 2. The molecule has 0 amide bonds. The summed E-state index contributed by atoms with van der Waals surface area (Å²) in [5.41, 5.74) is 2.08. The Bertz CT molecular complexity index is 500. The van der Waals surface area contributed by atoms with Crippen molar-refractivity contribution < 1.29 is 0 Å². The average molecular weight is 403 g/mol. The van der Waals surface area contributed by atoms with Crippen LogP contribution in [-0.2, 0) is 0 Å². The zero-order valence-corrected chi connectivity index (χ0v) is 12.7. The Labute approximate surface area is 110 Å². The van der Waals surface area contributed by atoms with E-state index in [9.17, 15) is 0 Å². The molecule has 6 heteroatoms. The van der Waals surface area contributed by atoms with Crippen molar-refractivity contribution in [3.63, 3.8) is 0 Å². The van der Waals surface area contributed by atoms with Crippen LogP contribution in [0.5, 0.6) is 0 Å². The topological polar surface area (TPSA) is 17.8 Å². The minimum absolute atomic E-state index is 0.593. The molecule has 2 rings (SSSR count). The Kier molecular flexibility index (Phi) is 3.37. The van der Waals surface area contributed by atoms with E-state index in [0.29, 0.717) is 6.37 Å². The minimum atomic E-state index is 0.593. The molecule has 0 aliphatic rings. The van der Waals surface area contributed by atoms with Gasteiger partial charge in [0.15, 0.2) is 0 Å². The van der Waals surface area contributed by atoms with Gasteiger partial charge in [0, 0.05) is 9.86 Å². The largest absolute Gasteiger partial charge is 0.237 e. The van der Waals surface area contributed by atoms with E-state index in [1.807, 2.05) is 23.5 Å². The van der Waals surface area contributed by atoms with Crippen molar-refractivity contribution in [3.8, 4) is 0 Å². The molecular formula is C8H6BrClIN2P. The Balaban J connectivity index is 2.89. The van der Waals surface area contributed by atoms with Gasteiger partial charge in [0.2, 0.25) is 0 Å². The highest BCUT2D eigenvalue weighted by molar-refractivity contribution is 14.2. The quantitative estimate of drug-likeness (QED) is 0.505. The summed E-state index contributed by atoms with van der Waals surface area (Å²) in [5.74, 6) is 0. The molecule has 74 valence electrons. The van der Waals surface area contributed by atoms with Crippen molar-refractivity contribution in [1.82, 2.24) is 9.55 Å². The van der Waals surface area contributed by atoms with E-state index < -0.39 is 0 Å². The van der Waals surface area contributed by atoms with Gasteiger partial charge in [-0.05, 0) is 41.1 Å². The summed E-state index contributed by atoms with van der Waals surface area (Å²) in [6.45, 7) is 1.98. The van der Waals surface area contributed by atoms with Crippen LogP contribution in [0.25, 0.3) is 10.9 Å². The highest BCUT2D eigenvalue weighted by atomic mass is 127. The van der Waals surface area contributed by atoms with E-state index in [1.165, 1.54) is 0 Å². The number of hydrogen-bond donors (Lipinski definition) is 0. The Hall–Kier alpha value is 0.620. The molecule has 1 atom stereocenters. The summed E-state index contributed by atoms with van der Waals surface area (Å²) in [6, 6.07) is 3.95. The van der Waals surface area contributed by atoms with Crippen LogP contribution in [0.1, 0.15) is 5.69 Å². The number of halogens is 3. The van der Waals surface area contributed by atoms with Gasteiger partial charge in [-0.15, -0.1) is 0 Å². The summed E-state index contributed by atoms with van der Waals surface area (Å²) in [7, 11) is 0. The molecule has 0 aliphatic heterocycles. The highest BCUT2D eigenvalue weighted by Crippen LogP contribution is 2.35. The average Bonchev–Trinajstić information content (AvgIpc) is 2.42. The molecule has 0 spiro atoms. The van der Waals surface area contributed by atoms with Gasteiger partial charge in [-0.2, -0.15) is 5.10 Å². The summed E-state index contributed by atoms with van der Waals surface area (Å²) in [5, 5.41) is 6.24. The van der Waals surface area contributed by atoms with Crippen molar-refractivity contribution in [2.24, 2.45) is 0 Å². The van der Waals surface area contributed by atoms with Crippen LogP contribution in [0.3, 0.4) is 0 Å². The van der Waals surface area contributed by atoms with Crippen LogP contribution in [0, 0.1) is 6.92 Å². The van der Waals surface area contributed by atoms with Crippen molar-refractivity contribution in [2.45, 2.75) is 6.92 Å². The fourth-order valence-corrected chi connectivity index (χ4v) is 3.89. The lowest BCUT2D eigenvalue weighted by molar-refractivity contribution is 1.00. The second kappa shape index (κ2) is 4.24. The first-order valence-electron chi connectivity index (χ1n) is 3.84. The summed E-state index contributed by atoms with van der Waals surface area (Å²) >= 11 is 11.9. The lowest BCUT2D eigenvalue weighted by Gasteiger charge is -1.99. The molecule has 14 heavy (non-hydrogen) atoms. The molecule has 0 saturated heterocycles. The van der Waals surface area contributed by atoms with Crippen LogP contribution < -0.4 is 0 Å². The molecule has 1 unspecified atom stereocenters. The number of rotatable bonds is 1. The van der Waals surface area contributed by atoms with Gasteiger partial charge in [0.1, 0.15) is 0 Å². The molecule has 1 heterocycles. The third kappa shape index (κ3) is 1.82. The SMILES string of the molecule is Cc1nn(PI)c2cc(Br)cc(Cl)c12. The standard InChI is InChI=1S/C8H6BrClIN2P/c1-4-8-6(10)2-5(9)3-7(8)13(12-4)14-11/h2-3,14H,1H3. The third-order valence-corrected chi connectivity index (χ3v) is 4.58. The number of aryl methyl sites for hydroxylation is 1. The molecule has 0 fully saturated rings. The van der Waals surface area contributed by atoms with E-state index in [1.54, 1.807) is 0 Å². The monoisotopic (exact) mass is 402 g/mol. The first kappa shape index (κ1) is 11.1. The number of hydrogen-bond acceptors (Lipinski definition) is 1. The maximum absolute atomic E-state index is 6.16. The van der Waals surface area contributed by atoms with Gasteiger partial charge in [-0.1, -0.05) is 27.5 Å². The van der Waals surface area contributed by atoms with Crippen molar-refractivity contribution in [1.29, 1.82) is 0 Å². The fourth-order valence-electron chi connectivity index (χ4n) is 1.40. The number of fused-ring (bicyclic) bond motifs is 1. The molecule has 0 saturated carbocycles. The third-order valence-electron chi connectivity index (χ3n) is 1.95. The lowest BCUT2D eigenvalue weighted by Crippen LogP contribution is -1.82. The van der Waals surface area contributed by atoms with Gasteiger partial charge in [0.05, 0.1) is 22.6 Å². The molecule has 0 aliphatic carbocycles. The van der Waals surface area contributed by atoms with E-state index in [2.05, 4.69) is 43.1 Å². The number of benzene rings is 1.